The molecule has 0 amide bonds. The van der Waals surface area contributed by atoms with Crippen LogP contribution >= 0.6 is 0 Å². The number of nitrogens with zero attached hydrogens (tertiary/aromatic N) is 1. The lowest BCUT2D eigenvalue weighted by Gasteiger charge is -2.00. The van der Waals surface area contributed by atoms with E-state index in [-0.39, 0.29) is 17.2 Å². The Morgan fingerprint density at radius 1 is 0.947 bits per heavy atom. The van der Waals surface area contributed by atoms with E-state index in [0.29, 0.717) is 28.1 Å². The molecule has 3 rings (SSSR count). The summed E-state index contributed by atoms with van der Waals surface area (Å²) in [7, 11) is 0. The number of nitrogen functional groups attached to an aromatic ring is 2. The topological polar surface area (TPSA) is 121 Å². The van der Waals surface area contributed by atoms with Gasteiger partial charge < -0.3 is 26.7 Å². The molecular weight excluding hydrogens is 244 g/mol. The van der Waals surface area contributed by atoms with Gasteiger partial charge in [0.2, 0.25) is 0 Å². The number of nitrogens with two attached hydrogens (primary N) is 2. The molecule has 0 unspecified atom stereocenters. The minimum atomic E-state index is -0.00861. The maximum Gasteiger partial charge on any atom is 0.140 e. The molecule has 6 nitrogen and oxygen atoms in total. The van der Waals surface area contributed by atoms with Gasteiger partial charge in [-0.25, -0.2) is 4.98 Å². The molecule has 1 aromatic heterocycles. The van der Waals surface area contributed by atoms with Crippen molar-refractivity contribution in [3.8, 4) is 22.9 Å². The van der Waals surface area contributed by atoms with E-state index in [1.165, 1.54) is 12.1 Å². The first kappa shape index (κ1) is 11.2. The average Bonchev–Trinajstić information content (AvgIpc) is 2.76. The Hall–Kier alpha value is -2.89. The van der Waals surface area contributed by atoms with Crippen molar-refractivity contribution in [1.82, 2.24) is 9.97 Å². The van der Waals surface area contributed by atoms with Crippen LogP contribution in [0.2, 0.25) is 0 Å². The first-order valence-corrected chi connectivity index (χ1v) is 5.61. The van der Waals surface area contributed by atoms with Gasteiger partial charge in [-0.1, -0.05) is 0 Å². The number of aromatic nitrogens is 2. The van der Waals surface area contributed by atoms with Gasteiger partial charge in [0.1, 0.15) is 17.3 Å². The molecule has 1 heterocycles. The Morgan fingerprint density at radius 2 is 1.68 bits per heavy atom. The standard InChI is InChI=1S/C13H12N4O2/c14-7-2-1-6(3-11(7)18)13-16-9-4-8(15)12(19)5-10(9)17-13/h1-5,18-19H,14-15H2,(H,16,17). The van der Waals surface area contributed by atoms with Crippen LogP contribution in [0.15, 0.2) is 30.3 Å². The zero-order valence-corrected chi connectivity index (χ0v) is 9.88. The third kappa shape index (κ3) is 1.79. The highest BCUT2D eigenvalue weighted by Crippen LogP contribution is 2.30. The predicted octanol–water partition coefficient (Wildman–Crippen LogP) is 1.81. The van der Waals surface area contributed by atoms with Crippen molar-refractivity contribution in [3.05, 3.63) is 30.3 Å². The minimum Gasteiger partial charge on any atom is -0.506 e. The van der Waals surface area contributed by atoms with E-state index in [1.807, 2.05) is 0 Å². The molecule has 0 fully saturated rings. The summed E-state index contributed by atoms with van der Waals surface area (Å²) in [5, 5.41) is 19.1. The molecule has 6 heteroatoms. The largest absolute Gasteiger partial charge is 0.506 e. The molecule has 7 N–H and O–H groups in total. The number of hydrogen-bond acceptors (Lipinski definition) is 5. The van der Waals surface area contributed by atoms with Gasteiger partial charge in [0.15, 0.2) is 0 Å². The zero-order chi connectivity index (χ0) is 13.6. The zero-order valence-electron chi connectivity index (χ0n) is 9.88. The SMILES string of the molecule is Nc1ccc(-c2nc3cc(O)c(N)cc3[nH]2)cc1O. The second-order valence-electron chi connectivity index (χ2n) is 4.29. The maximum atomic E-state index is 9.60. The van der Waals surface area contributed by atoms with Crippen LogP contribution < -0.4 is 11.5 Å². The van der Waals surface area contributed by atoms with Gasteiger partial charge >= 0.3 is 0 Å². The van der Waals surface area contributed by atoms with Gasteiger partial charge in [0.05, 0.1) is 22.4 Å². The number of aromatic hydroxyl groups is 2. The molecule has 19 heavy (non-hydrogen) atoms. The summed E-state index contributed by atoms with van der Waals surface area (Å²) in [6.07, 6.45) is 0. The lowest BCUT2D eigenvalue weighted by Crippen LogP contribution is -1.86. The van der Waals surface area contributed by atoms with Gasteiger partial charge in [-0.05, 0) is 24.3 Å². The quantitative estimate of drug-likeness (QED) is 0.336. The number of benzene rings is 2. The predicted molar refractivity (Wildman–Crippen MR) is 73.7 cm³/mol. The van der Waals surface area contributed by atoms with Crippen molar-refractivity contribution in [3.63, 3.8) is 0 Å². The van der Waals surface area contributed by atoms with Crippen LogP contribution in [0.5, 0.6) is 11.5 Å². The number of aromatic amines is 1. The van der Waals surface area contributed by atoms with Crippen molar-refractivity contribution in [2.45, 2.75) is 0 Å². The molecule has 0 aliphatic carbocycles. The molecule has 0 saturated heterocycles. The summed E-state index contributed by atoms with van der Waals surface area (Å²) in [6.45, 7) is 0. The number of imidazole rings is 1. The van der Waals surface area contributed by atoms with E-state index in [1.54, 1.807) is 18.2 Å². The number of nitrogens with one attached hydrogen (secondary N) is 1. The number of anilines is 2. The molecule has 0 atom stereocenters. The molecular formula is C13H12N4O2. The van der Waals surface area contributed by atoms with Crippen molar-refractivity contribution in [2.24, 2.45) is 0 Å². The van der Waals surface area contributed by atoms with Gasteiger partial charge in [-0.15, -0.1) is 0 Å². The van der Waals surface area contributed by atoms with E-state index in [4.69, 9.17) is 11.5 Å². The smallest absolute Gasteiger partial charge is 0.140 e. The lowest BCUT2D eigenvalue weighted by atomic mass is 10.2. The number of H-pyrrole nitrogens is 1. The number of hydrogen-bond donors (Lipinski definition) is 5. The highest BCUT2D eigenvalue weighted by Gasteiger charge is 2.09. The summed E-state index contributed by atoms with van der Waals surface area (Å²) in [6, 6.07) is 7.97. The van der Waals surface area contributed by atoms with Crippen LogP contribution in [0.25, 0.3) is 22.4 Å². The van der Waals surface area contributed by atoms with Crippen molar-refractivity contribution in [2.75, 3.05) is 11.5 Å². The second kappa shape index (κ2) is 3.81. The molecule has 96 valence electrons. The number of rotatable bonds is 1. The van der Waals surface area contributed by atoms with Gasteiger partial charge in [-0.2, -0.15) is 0 Å². The molecule has 0 aliphatic rings. The van der Waals surface area contributed by atoms with E-state index >= 15 is 0 Å². The summed E-state index contributed by atoms with van der Waals surface area (Å²) >= 11 is 0. The highest BCUT2D eigenvalue weighted by molar-refractivity contribution is 5.85. The first-order chi connectivity index (χ1) is 9.04. The second-order valence-corrected chi connectivity index (χ2v) is 4.29. The Balaban J connectivity index is 2.17. The summed E-state index contributed by atoms with van der Waals surface area (Å²) < 4.78 is 0. The Morgan fingerprint density at radius 3 is 2.42 bits per heavy atom. The summed E-state index contributed by atoms with van der Waals surface area (Å²) in [5.74, 6) is 0.557. The van der Waals surface area contributed by atoms with E-state index < -0.39 is 0 Å². The third-order valence-corrected chi connectivity index (χ3v) is 2.93. The summed E-state index contributed by atoms with van der Waals surface area (Å²) in [5.41, 5.74) is 13.8. The van der Waals surface area contributed by atoms with E-state index in [9.17, 15) is 10.2 Å². The molecule has 2 aromatic carbocycles. The molecule has 0 aliphatic heterocycles. The van der Waals surface area contributed by atoms with Crippen LogP contribution in [-0.2, 0) is 0 Å². The number of phenols is 2. The monoisotopic (exact) mass is 256 g/mol. The fraction of sp³-hybridized carbons (Fsp3) is 0. The van der Waals surface area contributed by atoms with E-state index in [2.05, 4.69) is 9.97 Å². The fourth-order valence-corrected chi connectivity index (χ4v) is 1.89. The Kier molecular flexibility index (Phi) is 2.25. The molecule has 0 radical (unpaired) electrons. The minimum absolute atomic E-state index is 0.000294. The molecule has 0 bridgehead atoms. The Labute approximate surface area is 108 Å². The fourth-order valence-electron chi connectivity index (χ4n) is 1.89. The van der Waals surface area contributed by atoms with Crippen LogP contribution in [0, 0.1) is 0 Å². The Bertz CT molecular complexity index is 741. The maximum absolute atomic E-state index is 9.60. The van der Waals surface area contributed by atoms with Crippen molar-refractivity contribution >= 4 is 22.4 Å². The first-order valence-electron chi connectivity index (χ1n) is 5.61. The molecule has 0 saturated carbocycles. The van der Waals surface area contributed by atoms with Gasteiger partial charge in [0, 0.05) is 11.6 Å². The number of fused-ring (bicyclic) bond motifs is 1. The lowest BCUT2D eigenvalue weighted by molar-refractivity contribution is 0.478. The highest BCUT2D eigenvalue weighted by atomic mass is 16.3. The normalized spacial score (nSPS) is 10.9. The van der Waals surface area contributed by atoms with Crippen LogP contribution in [0.1, 0.15) is 0 Å². The third-order valence-electron chi connectivity index (χ3n) is 2.93. The van der Waals surface area contributed by atoms with Crippen LogP contribution in [0.3, 0.4) is 0 Å². The molecule has 0 spiro atoms. The number of phenolic OH excluding ortho intramolecular Hbond substituents is 2. The van der Waals surface area contributed by atoms with Gasteiger partial charge in [-0.3, -0.25) is 0 Å². The van der Waals surface area contributed by atoms with Crippen LogP contribution in [0.4, 0.5) is 11.4 Å². The van der Waals surface area contributed by atoms with Crippen molar-refractivity contribution < 1.29 is 10.2 Å². The van der Waals surface area contributed by atoms with Crippen LogP contribution in [-0.4, -0.2) is 20.2 Å². The van der Waals surface area contributed by atoms with Gasteiger partial charge in [0.25, 0.3) is 0 Å². The average molecular weight is 256 g/mol. The van der Waals surface area contributed by atoms with Crippen molar-refractivity contribution in [1.29, 1.82) is 0 Å². The summed E-state index contributed by atoms with van der Waals surface area (Å²) in [4.78, 5) is 7.41. The molecule has 3 aromatic rings. The van der Waals surface area contributed by atoms with E-state index in [0.717, 1.165) is 0 Å².